The van der Waals surface area contributed by atoms with E-state index in [0.29, 0.717) is 31.8 Å². The fraction of sp³-hybridized carbons (Fsp3) is 0.682. The van der Waals surface area contributed by atoms with E-state index in [9.17, 15) is 4.79 Å². The number of aryl methyl sites for hydroxylation is 2. The second-order valence-corrected chi connectivity index (χ2v) is 9.90. The SMILES string of the molecule is CN(CC(=O)N1CCOCC1)[C@H]1CC[C@H](Nc2ncnc3sc4c(c23)CCC4)CC1. The molecule has 3 aliphatic rings. The average molecular weight is 430 g/mol. The van der Waals surface area contributed by atoms with Gasteiger partial charge < -0.3 is 15.0 Å². The molecule has 2 aliphatic carbocycles. The molecule has 1 amide bonds. The minimum absolute atomic E-state index is 0.232. The highest BCUT2D eigenvalue weighted by Crippen LogP contribution is 2.39. The van der Waals surface area contributed by atoms with Gasteiger partial charge >= 0.3 is 0 Å². The number of morpholine rings is 1. The molecular formula is C22H31N5O2S. The van der Waals surface area contributed by atoms with Crippen LogP contribution >= 0.6 is 11.3 Å². The van der Waals surface area contributed by atoms with Crippen molar-refractivity contribution < 1.29 is 9.53 Å². The van der Waals surface area contributed by atoms with Crippen LogP contribution in [0.5, 0.6) is 0 Å². The van der Waals surface area contributed by atoms with Gasteiger partial charge in [-0.3, -0.25) is 9.69 Å². The summed E-state index contributed by atoms with van der Waals surface area (Å²) in [5.74, 6) is 1.26. The third-order valence-corrected chi connectivity index (χ3v) is 8.11. The standard InChI is InChI=1S/C22H31N5O2S/c1-26(13-19(28)27-9-11-29-12-10-27)16-7-5-15(6-8-16)25-21-20-17-3-2-4-18(17)30-22(20)24-14-23-21/h14-16H,2-13H2,1H3,(H,23,24,25)/t15-,16-. The molecule has 0 bridgehead atoms. The number of anilines is 1. The van der Waals surface area contributed by atoms with Gasteiger partial charge in [-0.05, 0) is 57.6 Å². The van der Waals surface area contributed by atoms with E-state index in [1.807, 2.05) is 16.2 Å². The molecule has 2 aromatic heterocycles. The largest absolute Gasteiger partial charge is 0.378 e. The van der Waals surface area contributed by atoms with Crippen molar-refractivity contribution in [2.75, 3.05) is 45.2 Å². The number of rotatable bonds is 5. The van der Waals surface area contributed by atoms with Crippen LogP contribution in [0.4, 0.5) is 5.82 Å². The van der Waals surface area contributed by atoms with Crippen LogP contribution in [0.25, 0.3) is 10.2 Å². The van der Waals surface area contributed by atoms with Gasteiger partial charge in [0.2, 0.25) is 5.91 Å². The van der Waals surface area contributed by atoms with Crippen molar-refractivity contribution in [2.45, 2.75) is 57.0 Å². The lowest BCUT2D eigenvalue weighted by Crippen LogP contribution is -2.48. The average Bonchev–Trinajstić information content (AvgIpc) is 3.36. The predicted molar refractivity (Wildman–Crippen MR) is 119 cm³/mol. The van der Waals surface area contributed by atoms with Crippen LogP contribution in [0, 0.1) is 0 Å². The first-order valence-electron chi connectivity index (χ1n) is 11.3. The van der Waals surface area contributed by atoms with Crippen LogP contribution in [0.3, 0.4) is 0 Å². The van der Waals surface area contributed by atoms with Gasteiger partial charge in [-0.2, -0.15) is 0 Å². The van der Waals surface area contributed by atoms with Gasteiger partial charge in [-0.15, -0.1) is 11.3 Å². The Kier molecular flexibility index (Phi) is 5.89. The number of ether oxygens (including phenoxy) is 1. The fourth-order valence-corrected chi connectivity index (χ4v) is 6.38. The summed E-state index contributed by atoms with van der Waals surface area (Å²) in [7, 11) is 2.10. The highest BCUT2D eigenvalue weighted by atomic mass is 32.1. The number of amides is 1. The number of carbonyl (C=O) groups is 1. The van der Waals surface area contributed by atoms with Crippen molar-refractivity contribution in [3.05, 3.63) is 16.8 Å². The summed E-state index contributed by atoms with van der Waals surface area (Å²) in [5, 5.41) is 5.01. The number of thiophene rings is 1. The number of hydrogen-bond acceptors (Lipinski definition) is 7. The Morgan fingerprint density at radius 3 is 2.83 bits per heavy atom. The number of nitrogens with zero attached hydrogens (tertiary/aromatic N) is 4. The van der Waals surface area contributed by atoms with E-state index in [0.717, 1.165) is 55.8 Å². The van der Waals surface area contributed by atoms with Crippen LogP contribution in [0.2, 0.25) is 0 Å². The van der Waals surface area contributed by atoms with Gasteiger partial charge in [0.05, 0.1) is 25.1 Å². The van der Waals surface area contributed by atoms with Gasteiger partial charge in [0, 0.05) is 30.1 Å². The van der Waals surface area contributed by atoms with E-state index in [-0.39, 0.29) is 5.91 Å². The number of fused-ring (bicyclic) bond motifs is 3. The second kappa shape index (κ2) is 8.77. The topological polar surface area (TPSA) is 70.6 Å². The lowest BCUT2D eigenvalue weighted by atomic mass is 9.90. The number of likely N-dealkylation sites (N-methyl/N-ethyl adjacent to an activating group) is 1. The molecule has 1 N–H and O–H groups in total. The van der Waals surface area contributed by atoms with Gasteiger partial charge in [0.25, 0.3) is 0 Å². The molecule has 0 atom stereocenters. The number of aromatic nitrogens is 2. The molecule has 1 aliphatic heterocycles. The Bertz CT molecular complexity index is 902. The highest BCUT2D eigenvalue weighted by molar-refractivity contribution is 7.19. The number of hydrogen-bond donors (Lipinski definition) is 1. The van der Waals surface area contributed by atoms with E-state index in [1.165, 1.54) is 28.7 Å². The van der Waals surface area contributed by atoms with Crippen LogP contribution in [-0.4, -0.2) is 77.7 Å². The van der Waals surface area contributed by atoms with Crippen molar-refractivity contribution in [1.29, 1.82) is 0 Å². The van der Waals surface area contributed by atoms with Gasteiger partial charge in [0.15, 0.2) is 0 Å². The minimum Gasteiger partial charge on any atom is -0.378 e. The molecule has 0 spiro atoms. The van der Waals surface area contributed by atoms with Crippen LogP contribution in [0.1, 0.15) is 42.5 Å². The molecule has 162 valence electrons. The van der Waals surface area contributed by atoms with E-state index in [2.05, 4.69) is 27.2 Å². The molecule has 0 unspecified atom stereocenters. The molecule has 1 saturated heterocycles. The highest BCUT2D eigenvalue weighted by Gasteiger charge is 2.28. The van der Waals surface area contributed by atoms with Gasteiger partial charge in [-0.1, -0.05) is 0 Å². The fourth-order valence-electron chi connectivity index (χ4n) is 5.15. The molecule has 0 aromatic carbocycles. The molecule has 2 fully saturated rings. The Labute approximate surface area is 181 Å². The van der Waals surface area contributed by atoms with E-state index >= 15 is 0 Å². The van der Waals surface area contributed by atoms with Gasteiger partial charge in [-0.25, -0.2) is 9.97 Å². The van der Waals surface area contributed by atoms with Gasteiger partial charge in [0.1, 0.15) is 17.0 Å². The van der Waals surface area contributed by atoms with Crippen molar-refractivity contribution in [3.8, 4) is 0 Å². The normalized spacial score (nSPS) is 24.4. The number of carbonyl (C=O) groups excluding carboxylic acids is 1. The zero-order chi connectivity index (χ0) is 20.5. The molecule has 3 heterocycles. The Hall–Kier alpha value is -1.77. The van der Waals surface area contributed by atoms with Crippen molar-refractivity contribution in [1.82, 2.24) is 19.8 Å². The molecule has 5 rings (SSSR count). The summed E-state index contributed by atoms with van der Waals surface area (Å²) >= 11 is 1.84. The monoisotopic (exact) mass is 429 g/mol. The zero-order valence-electron chi connectivity index (χ0n) is 17.7. The molecule has 0 radical (unpaired) electrons. The molecule has 8 heteroatoms. The quantitative estimate of drug-likeness (QED) is 0.788. The summed E-state index contributed by atoms with van der Waals surface area (Å²) in [4.78, 5) is 28.5. The third-order valence-electron chi connectivity index (χ3n) is 6.91. The molecular weight excluding hydrogens is 398 g/mol. The number of nitrogens with one attached hydrogen (secondary N) is 1. The van der Waals surface area contributed by atoms with Crippen molar-refractivity contribution >= 4 is 33.3 Å². The van der Waals surface area contributed by atoms with Crippen molar-refractivity contribution in [2.24, 2.45) is 0 Å². The zero-order valence-corrected chi connectivity index (χ0v) is 18.5. The summed E-state index contributed by atoms with van der Waals surface area (Å²) in [6, 6.07) is 0.920. The first kappa shape index (κ1) is 20.2. The Morgan fingerprint density at radius 2 is 2.03 bits per heavy atom. The first-order chi connectivity index (χ1) is 14.7. The first-order valence-corrected chi connectivity index (χ1v) is 12.1. The van der Waals surface area contributed by atoms with Crippen LogP contribution < -0.4 is 5.32 Å². The van der Waals surface area contributed by atoms with Crippen LogP contribution in [0.15, 0.2) is 6.33 Å². The molecule has 7 nitrogen and oxygen atoms in total. The second-order valence-electron chi connectivity index (χ2n) is 8.82. The third kappa shape index (κ3) is 4.05. The lowest BCUT2D eigenvalue weighted by Gasteiger charge is -2.36. The minimum atomic E-state index is 0.232. The molecule has 2 aromatic rings. The van der Waals surface area contributed by atoms with Crippen LogP contribution in [-0.2, 0) is 22.4 Å². The Balaban J connectivity index is 1.17. The molecule has 30 heavy (non-hydrogen) atoms. The van der Waals surface area contributed by atoms with Crippen molar-refractivity contribution in [3.63, 3.8) is 0 Å². The summed E-state index contributed by atoms with van der Waals surface area (Å²) < 4.78 is 5.35. The maximum atomic E-state index is 12.6. The summed E-state index contributed by atoms with van der Waals surface area (Å²) in [6.45, 7) is 3.29. The smallest absolute Gasteiger partial charge is 0.236 e. The van der Waals surface area contributed by atoms with E-state index in [1.54, 1.807) is 6.33 Å². The predicted octanol–water partition coefficient (Wildman–Crippen LogP) is 2.69. The molecule has 1 saturated carbocycles. The summed E-state index contributed by atoms with van der Waals surface area (Å²) in [6.07, 6.45) is 9.75. The lowest BCUT2D eigenvalue weighted by molar-refractivity contribution is -0.136. The summed E-state index contributed by atoms with van der Waals surface area (Å²) in [5.41, 5.74) is 1.48. The Morgan fingerprint density at radius 1 is 1.23 bits per heavy atom. The maximum Gasteiger partial charge on any atom is 0.236 e. The maximum absolute atomic E-state index is 12.6. The van der Waals surface area contributed by atoms with E-state index in [4.69, 9.17) is 4.74 Å². The van der Waals surface area contributed by atoms with E-state index < -0.39 is 0 Å².